The van der Waals surface area contributed by atoms with Crippen LogP contribution in [0.15, 0.2) is 42.5 Å². The number of likely N-dealkylation sites (tertiary alicyclic amines) is 1. The quantitative estimate of drug-likeness (QED) is 0.799. The highest BCUT2D eigenvalue weighted by molar-refractivity contribution is 6.31. The molecule has 0 radical (unpaired) electrons. The standard InChI is InChI=1S/C19H19ClN2O2/c20-14-8-9-18-16(12-14)22(15-6-2-3-7-17(15)24-18)19(23)13-21-10-4-1-5-11-21/h2-3,6-9,12H,1,4-5,10-11,13H2. The monoisotopic (exact) mass is 342 g/mol. The van der Waals surface area contributed by atoms with Crippen molar-refractivity contribution in [1.29, 1.82) is 0 Å². The highest BCUT2D eigenvalue weighted by Gasteiger charge is 2.30. The third-order valence-electron chi connectivity index (χ3n) is 4.54. The predicted molar refractivity (Wildman–Crippen MR) is 95.4 cm³/mol. The number of hydrogen-bond acceptors (Lipinski definition) is 3. The van der Waals surface area contributed by atoms with E-state index >= 15 is 0 Å². The summed E-state index contributed by atoms with van der Waals surface area (Å²) in [6.07, 6.45) is 3.58. The Labute approximate surface area is 146 Å². The van der Waals surface area contributed by atoms with E-state index in [1.54, 1.807) is 17.0 Å². The summed E-state index contributed by atoms with van der Waals surface area (Å²) in [5, 5.41) is 0.590. The molecule has 1 fully saturated rings. The molecule has 1 saturated heterocycles. The lowest BCUT2D eigenvalue weighted by atomic mass is 10.1. The normalized spacial score (nSPS) is 17.0. The number of para-hydroxylation sites is 2. The molecule has 24 heavy (non-hydrogen) atoms. The number of rotatable bonds is 2. The summed E-state index contributed by atoms with van der Waals surface area (Å²) in [6.45, 7) is 2.39. The molecule has 2 heterocycles. The number of carbonyl (C=O) groups is 1. The van der Waals surface area contributed by atoms with Gasteiger partial charge in [-0.25, -0.2) is 0 Å². The smallest absolute Gasteiger partial charge is 0.245 e. The maximum absolute atomic E-state index is 13.1. The van der Waals surface area contributed by atoms with Crippen LogP contribution in [0.4, 0.5) is 11.4 Å². The second-order valence-corrected chi connectivity index (χ2v) is 6.68. The molecule has 4 rings (SSSR count). The molecular weight excluding hydrogens is 324 g/mol. The van der Waals surface area contributed by atoms with Crippen molar-refractivity contribution in [2.75, 3.05) is 24.5 Å². The average molecular weight is 343 g/mol. The Morgan fingerprint density at radius 2 is 1.75 bits per heavy atom. The van der Waals surface area contributed by atoms with Gasteiger partial charge in [-0.05, 0) is 56.3 Å². The molecule has 4 nitrogen and oxygen atoms in total. The molecule has 0 saturated carbocycles. The van der Waals surface area contributed by atoms with E-state index in [0.717, 1.165) is 31.6 Å². The summed E-state index contributed by atoms with van der Waals surface area (Å²) in [5.41, 5.74) is 1.48. The molecule has 2 aliphatic heterocycles. The van der Waals surface area contributed by atoms with Crippen molar-refractivity contribution < 1.29 is 9.53 Å². The van der Waals surface area contributed by atoms with Gasteiger partial charge in [0.25, 0.3) is 0 Å². The zero-order valence-electron chi connectivity index (χ0n) is 13.4. The van der Waals surface area contributed by atoms with Crippen molar-refractivity contribution in [3.8, 4) is 11.5 Å². The van der Waals surface area contributed by atoms with Crippen LogP contribution >= 0.6 is 11.6 Å². The fraction of sp³-hybridized carbons (Fsp3) is 0.316. The van der Waals surface area contributed by atoms with Crippen LogP contribution in [0.2, 0.25) is 5.02 Å². The molecular formula is C19H19ClN2O2. The number of anilines is 2. The van der Waals surface area contributed by atoms with Gasteiger partial charge in [-0.1, -0.05) is 30.2 Å². The van der Waals surface area contributed by atoms with Crippen LogP contribution in [0.25, 0.3) is 0 Å². The van der Waals surface area contributed by atoms with Crippen molar-refractivity contribution in [3.63, 3.8) is 0 Å². The lowest BCUT2D eigenvalue weighted by Gasteiger charge is -2.33. The molecule has 2 aliphatic rings. The van der Waals surface area contributed by atoms with Gasteiger partial charge in [0, 0.05) is 5.02 Å². The Hall–Kier alpha value is -2.04. The Morgan fingerprint density at radius 1 is 1.00 bits per heavy atom. The van der Waals surface area contributed by atoms with Gasteiger partial charge in [0.15, 0.2) is 11.5 Å². The van der Waals surface area contributed by atoms with Crippen molar-refractivity contribution in [2.45, 2.75) is 19.3 Å². The molecule has 5 heteroatoms. The van der Waals surface area contributed by atoms with E-state index in [9.17, 15) is 4.79 Å². The van der Waals surface area contributed by atoms with Gasteiger partial charge in [-0.15, -0.1) is 0 Å². The third-order valence-corrected chi connectivity index (χ3v) is 4.78. The highest BCUT2D eigenvalue weighted by atomic mass is 35.5. The minimum absolute atomic E-state index is 0.0520. The lowest BCUT2D eigenvalue weighted by Crippen LogP contribution is -2.41. The molecule has 124 valence electrons. The Kier molecular flexibility index (Phi) is 4.17. The second kappa shape index (κ2) is 6.46. The van der Waals surface area contributed by atoms with Crippen LogP contribution in [0.1, 0.15) is 19.3 Å². The van der Waals surface area contributed by atoms with Gasteiger partial charge in [0.2, 0.25) is 5.91 Å². The zero-order chi connectivity index (χ0) is 16.5. The molecule has 0 N–H and O–H groups in total. The number of ether oxygens (including phenoxy) is 1. The number of piperidine rings is 1. The van der Waals surface area contributed by atoms with Gasteiger partial charge in [0.1, 0.15) is 0 Å². The largest absolute Gasteiger partial charge is 0.453 e. The number of fused-ring (bicyclic) bond motifs is 2. The average Bonchev–Trinajstić information content (AvgIpc) is 2.60. The first-order valence-electron chi connectivity index (χ1n) is 8.34. The van der Waals surface area contributed by atoms with E-state index in [2.05, 4.69) is 4.90 Å². The SMILES string of the molecule is O=C(CN1CCCCC1)N1c2ccccc2Oc2ccc(Cl)cc21. The number of amides is 1. The van der Waals surface area contributed by atoms with Gasteiger partial charge in [-0.3, -0.25) is 14.6 Å². The van der Waals surface area contributed by atoms with E-state index in [4.69, 9.17) is 16.3 Å². The molecule has 2 aromatic carbocycles. The molecule has 0 bridgehead atoms. The zero-order valence-corrected chi connectivity index (χ0v) is 14.1. The van der Waals surface area contributed by atoms with Crippen molar-refractivity contribution in [2.24, 2.45) is 0 Å². The summed E-state index contributed by atoms with van der Waals surface area (Å²) in [7, 11) is 0. The van der Waals surface area contributed by atoms with Crippen LogP contribution in [0.3, 0.4) is 0 Å². The molecule has 0 atom stereocenters. The number of nitrogens with zero attached hydrogens (tertiary/aromatic N) is 2. The Bertz CT molecular complexity index is 772. The first kappa shape index (κ1) is 15.5. The van der Waals surface area contributed by atoms with Gasteiger partial charge in [0.05, 0.1) is 17.9 Å². The van der Waals surface area contributed by atoms with Crippen LogP contribution in [0, 0.1) is 0 Å². The van der Waals surface area contributed by atoms with E-state index in [1.165, 1.54) is 6.42 Å². The molecule has 2 aromatic rings. The molecule has 1 amide bonds. The fourth-order valence-corrected chi connectivity index (χ4v) is 3.54. The fourth-order valence-electron chi connectivity index (χ4n) is 3.38. The second-order valence-electron chi connectivity index (χ2n) is 6.25. The number of carbonyl (C=O) groups excluding carboxylic acids is 1. The summed E-state index contributed by atoms with van der Waals surface area (Å²) in [4.78, 5) is 17.1. The minimum atomic E-state index is 0.0520. The Morgan fingerprint density at radius 3 is 2.58 bits per heavy atom. The predicted octanol–water partition coefficient (Wildman–Crippen LogP) is 4.60. The summed E-state index contributed by atoms with van der Waals surface area (Å²) >= 11 is 6.16. The summed E-state index contributed by atoms with van der Waals surface area (Å²) in [5.74, 6) is 1.40. The van der Waals surface area contributed by atoms with Gasteiger partial charge < -0.3 is 4.74 Å². The molecule has 0 unspecified atom stereocenters. The molecule has 0 aromatic heterocycles. The van der Waals surface area contributed by atoms with Crippen LogP contribution in [0.5, 0.6) is 11.5 Å². The Balaban J connectivity index is 1.70. The van der Waals surface area contributed by atoms with Crippen molar-refractivity contribution in [1.82, 2.24) is 4.90 Å². The van der Waals surface area contributed by atoms with Gasteiger partial charge >= 0.3 is 0 Å². The van der Waals surface area contributed by atoms with Crippen LogP contribution in [-0.2, 0) is 4.79 Å². The van der Waals surface area contributed by atoms with Crippen LogP contribution < -0.4 is 9.64 Å². The maximum atomic E-state index is 13.1. The molecule has 0 spiro atoms. The van der Waals surface area contributed by atoms with E-state index in [1.807, 2.05) is 30.3 Å². The summed E-state index contributed by atoms with van der Waals surface area (Å²) in [6, 6.07) is 13.0. The highest BCUT2D eigenvalue weighted by Crippen LogP contribution is 2.47. The topological polar surface area (TPSA) is 32.8 Å². The van der Waals surface area contributed by atoms with Crippen molar-refractivity contribution >= 4 is 28.9 Å². The van der Waals surface area contributed by atoms with E-state index < -0.39 is 0 Å². The van der Waals surface area contributed by atoms with Crippen LogP contribution in [-0.4, -0.2) is 30.4 Å². The maximum Gasteiger partial charge on any atom is 0.245 e. The number of hydrogen-bond donors (Lipinski definition) is 0. The van der Waals surface area contributed by atoms with Gasteiger partial charge in [-0.2, -0.15) is 0 Å². The minimum Gasteiger partial charge on any atom is -0.453 e. The third kappa shape index (κ3) is 2.87. The van der Waals surface area contributed by atoms with Crippen molar-refractivity contribution in [3.05, 3.63) is 47.5 Å². The number of halogens is 1. The lowest BCUT2D eigenvalue weighted by molar-refractivity contribution is -0.119. The number of benzene rings is 2. The summed E-state index contributed by atoms with van der Waals surface area (Å²) < 4.78 is 5.94. The first-order chi connectivity index (χ1) is 11.7. The van der Waals surface area contributed by atoms with E-state index in [-0.39, 0.29) is 5.91 Å². The molecule has 0 aliphatic carbocycles. The first-order valence-corrected chi connectivity index (χ1v) is 8.72. The van der Waals surface area contributed by atoms with E-state index in [0.29, 0.717) is 28.8 Å².